The van der Waals surface area contributed by atoms with Crippen LogP contribution in [0.1, 0.15) is 43.0 Å². The summed E-state index contributed by atoms with van der Waals surface area (Å²) in [4.78, 5) is 27.4. The smallest absolute Gasteiger partial charge is 0.265 e. The van der Waals surface area contributed by atoms with Crippen LogP contribution in [0.4, 0.5) is 10.1 Å². The highest BCUT2D eigenvalue weighted by Crippen LogP contribution is 2.22. The quantitative estimate of drug-likeness (QED) is 0.810. The Labute approximate surface area is 164 Å². The number of nitrogens with one attached hydrogen (secondary N) is 1. The van der Waals surface area contributed by atoms with Crippen LogP contribution in [0.2, 0.25) is 0 Å². The van der Waals surface area contributed by atoms with E-state index in [1.165, 1.54) is 12.1 Å². The minimum Gasteiger partial charge on any atom is -0.478 e. The third-order valence-corrected chi connectivity index (χ3v) is 4.83. The van der Waals surface area contributed by atoms with Crippen LogP contribution in [-0.4, -0.2) is 35.9 Å². The molecule has 1 aliphatic heterocycles. The molecule has 6 heteroatoms. The van der Waals surface area contributed by atoms with Crippen molar-refractivity contribution in [2.24, 2.45) is 0 Å². The molecular weight excluding hydrogens is 359 g/mol. The number of anilines is 1. The lowest BCUT2D eigenvalue weighted by Gasteiger charge is -2.27. The maximum absolute atomic E-state index is 13.8. The van der Waals surface area contributed by atoms with Crippen LogP contribution < -0.4 is 10.1 Å². The Morgan fingerprint density at radius 1 is 1.07 bits per heavy atom. The lowest BCUT2D eigenvalue weighted by atomic mass is 10.1. The van der Waals surface area contributed by atoms with Crippen LogP contribution in [0.5, 0.6) is 5.75 Å². The van der Waals surface area contributed by atoms with Crippen LogP contribution >= 0.6 is 0 Å². The highest BCUT2D eigenvalue weighted by molar-refractivity contribution is 6.04. The first kappa shape index (κ1) is 19.9. The Hall–Kier alpha value is -2.89. The normalized spacial score (nSPS) is 15.0. The first-order chi connectivity index (χ1) is 13.6. The molecule has 2 amide bonds. The second-order valence-electron chi connectivity index (χ2n) is 6.83. The van der Waals surface area contributed by atoms with Gasteiger partial charge in [0.1, 0.15) is 0 Å². The Kier molecular flexibility index (Phi) is 6.63. The minimum atomic E-state index is -0.866. The molecular formula is C22H25FN2O3. The third-order valence-electron chi connectivity index (χ3n) is 4.83. The fourth-order valence-corrected chi connectivity index (χ4v) is 3.27. The number of halogens is 1. The van der Waals surface area contributed by atoms with E-state index in [2.05, 4.69) is 5.32 Å². The summed E-state index contributed by atoms with van der Waals surface area (Å²) in [5.74, 6) is -0.986. The van der Waals surface area contributed by atoms with Crippen LogP contribution in [0.15, 0.2) is 48.5 Å². The fourth-order valence-electron chi connectivity index (χ4n) is 3.27. The molecule has 0 aliphatic carbocycles. The number of ether oxygens (including phenoxy) is 1. The van der Waals surface area contributed by atoms with Crippen LogP contribution in [0.3, 0.4) is 0 Å². The minimum absolute atomic E-state index is 0.0298. The van der Waals surface area contributed by atoms with E-state index >= 15 is 0 Å². The zero-order valence-electron chi connectivity index (χ0n) is 16.0. The summed E-state index contributed by atoms with van der Waals surface area (Å²) >= 11 is 0. The fraction of sp³-hybridized carbons (Fsp3) is 0.364. The van der Waals surface area contributed by atoms with Crippen molar-refractivity contribution in [2.75, 3.05) is 18.4 Å². The van der Waals surface area contributed by atoms with Crippen molar-refractivity contribution in [1.82, 2.24) is 4.90 Å². The molecule has 5 nitrogen and oxygen atoms in total. The van der Waals surface area contributed by atoms with E-state index in [9.17, 15) is 14.0 Å². The molecule has 0 bridgehead atoms. The number of rotatable bonds is 6. The second kappa shape index (κ2) is 9.35. The molecule has 1 heterocycles. The molecule has 1 aliphatic rings. The highest BCUT2D eigenvalue weighted by Gasteiger charge is 2.24. The molecule has 1 atom stereocenters. The summed E-state index contributed by atoms with van der Waals surface area (Å²) in [5, 5.41) is 2.79. The summed E-state index contributed by atoms with van der Waals surface area (Å²) in [6, 6.07) is 12.9. The van der Waals surface area contributed by atoms with Crippen molar-refractivity contribution in [3.05, 3.63) is 59.9 Å². The van der Waals surface area contributed by atoms with E-state index in [0.29, 0.717) is 17.7 Å². The van der Waals surface area contributed by atoms with Gasteiger partial charge < -0.3 is 15.0 Å². The maximum Gasteiger partial charge on any atom is 0.265 e. The third kappa shape index (κ3) is 4.68. The summed E-state index contributed by atoms with van der Waals surface area (Å²) in [5.41, 5.74) is 0.900. The first-order valence-electron chi connectivity index (χ1n) is 9.70. The summed E-state index contributed by atoms with van der Waals surface area (Å²) in [7, 11) is 0. The molecule has 0 saturated carbocycles. The lowest BCUT2D eigenvalue weighted by molar-refractivity contribution is -0.122. The van der Waals surface area contributed by atoms with Crippen LogP contribution in [-0.2, 0) is 4.79 Å². The second-order valence-corrected chi connectivity index (χ2v) is 6.83. The largest absolute Gasteiger partial charge is 0.478 e. The summed E-state index contributed by atoms with van der Waals surface area (Å²) < 4.78 is 19.4. The molecule has 2 aromatic rings. The Morgan fingerprint density at radius 3 is 2.46 bits per heavy atom. The van der Waals surface area contributed by atoms with Gasteiger partial charge in [-0.1, -0.05) is 31.2 Å². The molecule has 1 N–H and O–H groups in total. The van der Waals surface area contributed by atoms with E-state index in [1.54, 1.807) is 43.3 Å². The van der Waals surface area contributed by atoms with Gasteiger partial charge in [0.2, 0.25) is 0 Å². The molecule has 0 aromatic heterocycles. The molecule has 28 heavy (non-hydrogen) atoms. The summed E-state index contributed by atoms with van der Waals surface area (Å²) in [6.07, 6.45) is 2.62. The van der Waals surface area contributed by atoms with Gasteiger partial charge in [0, 0.05) is 13.1 Å². The Bertz CT molecular complexity index is 834. The highest BCUT2D eigenvalue weighted by atomic mass is 19.1. The molecule has 0 unspecified atom stereocenters. The van der Waals surface area contributed by atoms with Gasteiger partial charge >= 0.3 is 0 Å². The molecule has 3 rings (SSSR count). The SMILES string of the molecule is CC[C@H](Oc1ccccc1F)C(=O)Nc1ccccc1C(=O)N1CCCCC1. The van der Waals surface area contributed by atoms with Gasteiger partial charge in [0.15, 0.2) is 17.7 Å². The average molecular weight is 384 g/mol. The maximum atomic E-state index is 13.8. The number of amides is 2. The predicted molar refractivity (Wildman–Crippen MR) is 106 cm³/mol. The van der Waals surface area contributed by atoms with Gasteiger partial charge in [-0.15, -0.1) is 0 Å². The van der Waals surface area contributed by atoms with Gasteiger partial charge in [0.25, 0.3) is 11.8 Å². The van der Waals surface area contributed by atoms with E-state index in [-0.39, 0.29) is 11.7 Å². The monoisotopic (exact) mass is 384 g/mol. The lowest BCUT2D eigenvalue weighted by Crippen LogP contribution is -2.37. The number of piperidine rings is 1. The number of hydrogen-bond acceptors (Lipinski definition) is 3. The van der Waals surface area contributed by atoms with Crippen molar-refractivity contribution >= 4 is 17.5 Å². The van der Waals surface area contributed by atoms with Gasteiger partial charge in [-0.25, -0.2) is 4.39 Å². The molecule has 1 saturated heterocycles. The number of likely N-dealkylation sites (tertiary alicyclic amines) is 1. The average Bonchev–Trinajstić information content (AvgIpc) is 2.73. The number of para-hydroxylation sites is 2. The standard InChI is InChI=1S/C22H25FN2O3/c1-2-19(28-20-13-7-5-11-17(20)23)21(26)24-18-12-6-4-10-16(18)22(27)25-14-8-3-9-15-25/h4-7,10-13,19H,2-3,8-9,14-15H2,1H3,(H,24,26)/t19-/m0/s1. The van der Waals surface area contributed by atoms with Gasteiger partial charge in [-0.3, -0.25) is 9.59 Å². The molecule has 2 aromatic carbocycles. The van der Waals surface area contributed by atoms with Crippen LogP contribution in [0, 0.1) is 5.82 Å². The van der Waals surface area contributed by atoms with Crippen molar-refractivity contribution in [3.8, 4) is 5.75 Å². The molecule has 0 radical (unpaired) electrons. The van der Waals surface area contributed by atoms with E-state index < -0.39 is 17.8 Å². The first-order valence-corrected chi connectivity index (χ1v) is 9.70. The molecule has 0 spiro atoms. The van der Waals surface area contributed by atoms with Crippen molar-refractivity contribution < 1.29 is 18.7 Å². The number of hydrogen-bond donors (Lipinski definition) is 1. The van der Waals surface area contributed by atoms with E-state index in [0.717, 1.165) is 32.4 Å². The number of carbonyl (C=O) groups is 2. The summed E-state index contributed by atoms with van der Waals surface area (Å²) in [6.45, 7) is 3.25. The predicted octanol–water partition coefficient (Wildman–Crippen LogP) is 4.25. The van der Waals surface area contributed by atoms with Gasteiger partial charge in [0.05, 0.1) is 11.3 Å². The van der Waals surface area contributed by atoms with Crippen molar-refractivity contribution in [1.29, 1.82) is 0 Å². The number of carbonyl (C=O) groups excluding carboxylic acids is 2. The number of nitrogens with zero attached hydrogens (tertiary/aromatic N) is 1. The van der Waals surface area contributed by atoms with Crippen molar-refractivity contribution in [3.63, 3.8) is 0 Å². The van der Waals surface area contributed by atoms with Gasteiger partial charge in [-0.2, -0.15) is 0 Å². The number of benzene rings is 2. The molecule has 1 fully saturated rings. The van der Waals surface area contributed by atoms with Crippen LogP contribution in [0.25, 0.3) is 0 Å². The molecule has 148 valence electrons. The zero-order chi connectivity index (χ0) is 19.9. The topological polar surface area (TPSA) is 58.6 Å². The van der Waals surface area contributed by atoms with E-state index in [4.69, 9.17) is 4.74 Å². The Morgan fingerprint density at radius 2 is 1.75 bits per heavy atom. The Balaban J connectivity index is 1.74. The zero-order valence-corrected chi connectivity index (χ0v) is 16.0. The van der Waals surface area contributed by atoms with E-state index in [1.807, 2.05) is 4.90 Å². The van der Waals surface area contributed by atoms with Gasteiger partial charge in [-0.05, 0) is 49.9 Å². The van der Waals surface area contributed by atoms with Crippen molar-refractivity contribution in [2.45, 2.75) is 38.7 Å².